The van der Waals surface area contributed by atoms with Crippen LogP contribution in [0.25, 0.3) is 0 Å². The molecule has 0 bridgehead atoms. The molecule has 1 aromatic heterocycles. The lowest BCUT2D eigenvalue weighted by Gasteiger charge is -2.29. The average molecular weight is 521 g/mol. The molecule has 1 aliphatic heterocycles. The number of hydrogen-bond acceptors (Lipinski definition) is 7. The van der Waals surface area contributed by atoms with Gasteiger partial charge >= 0.3 is 6.03 Å². The predicted octanol–water partition coefficient (Wildman–Crippen LogP) is 4.54. The van der Waals surface area contributed by atoms with Crippen LogP contribution < -0.4 is 15.4 Å². The number of thiazole rings is 1. The van der Waals surface area contributed by atoms with Crippen LogP contribution in [0, 0.1) is 0 Å². The highest BCUT2D eigenvalue weighted by Gasteiger charge is 2.47. The van der Waals surface area contributed by atoms with E-state index in [1.165, 1.54) is 0 Å². The lowest BCUT2D eigenvalue weighted by atomic mass is 9.91. The van der Waals surface area contributed by atoms with Gasteiger partial charge in [-0.2, -0.15) is 0 Å². The van der Waals surface area contributed by atoms with Gasteiger partial charge in [0.2, 0.25) is 5.91 Å². The van der Waals surface area contributed by atoms with E-state index in [4.69, 9.17) is 4.74 Å². The van der Waals surface area contributed by atoms with E-state index in [1.54, 1.807) is 43.5 Å². The molecule has 2 heterocycles. The van der Waals surface area contributed by atoms with Crippen LogP contribution in [-0.2, 0) is 9.59 Å². The highest BCUT2D eigenvalue weighted by atomic mass is 32.1. The second-order valence-electron chi connectivity index (χ2n) is 8.54. The largest absolute Gasteiger partial charge is 0.494 e. The van der Waals surface area contributed by atoms with E-state index in [0.717, 1.165) is 21.8 Å². The molecule has 0 aliphatic carbocycles. The molecule has 3 aromatic rings. The first-order valence-electron chi connectivity index (χ1n) is 12.0. The quantitative estimate of drug-likeness (QED) is 0.299. The monoisotopic (exact) mass is 520 g/mol. The number of nitrogens with zero attached hydrogens (tertiary/aromatic N) is 2. The van der Waals surface area contributed by atoms with E-state index in [0.29, 0.717) is 24.3 Å². The number of amides is 4. The molecule has 3 atom stereocenters. The van der Waals surface area contributed by atoms with Gasteiger partial charge in [0.15, 0.2) is 10.9 Å². The summed E-state index contributed by atoms with van der Waals surface area (Å²) in [7, 11) is 0. The number of carbonyl (C=O) groups is 4. The molecule has 0 spiro atoms. The zero-order valence-electron chi connectivity index (χ0n) is 20.8. The SMILES string of the molecule is CCOc1ccc([C@H]2NC(=O)N([C@H](C(=O)Nc3nc(C(=O)CC)cs3)[C@@H](C)c3ccccc3)C2=O)cc1. The Morgan fingerprint density at radius 1 is 1.11 bits per heavy atom. The van der Waals surface area contributed by atoms with Crippen LogP contribution in [0.2, 0.25) is 0 Å². The number of benzene rings is 2. The molecular formula is C27H28N4O5S. The number of aromatic nitrogens is 1. The first-order valence-corrected chi connectivity index (χ1v) is 12.9. The Morgan fingerprint density at radius 2 is 1.81 bits per heavy atom. The van der Waals surface area contributed by atoms with Gasteiger partial charge in [-0.1, -0.05) is 56.3 Å². The topological polar surface area (TPSA) is 118 Å². The van der Waals surface area contributed by atoms with Gasteiger partial charge in [0.1, 0.15) is 23.5 Å². The number of Topliss-reactive ketones (excluding diaryl/α,β-unsaturated/α-hetero) is 1. The highest BCUT2D eigenvalue weighted by molar-refractivity contribution is 7.14. The van der Waals surface area contributed by atoms with Gasteiger partial charge in [-0.05, 0) is 30.2 Å². The number of nitrogens with one attached hydrogen (secondary N) is 2. The number of urea groups is 1. The van der Waals surface area contributed by atoms with Crippen LogP contribution >= 0.6 is 11.3 Å². The Hall–Kier alpha value is -4.05. The smallest absolute Gasteiger partial charge is 0.325 e. The van der Waals surface area contributed by atoms with Crippen LogP contribution in [0.15, 0.2) is 60.0 Å². The van der Waals surface area contributed by atoms with Gasteiger partial charge in [-0.3, -0.25) is 14.4 Å². The minimum absolute atomic E-state index is 0.141. The molecule has 2 N–H and O–H groups in total. The minimum atomic E-state index is -1.16. The van der Waals surface area contributed by atoms with Crippen LogP contribution in [-0.4, -0.2) is 46.2 Å². The zero-order valence-corrected chi connectivity index (χ0v) is 21.6. The summed E-state index contributed by atoms with van der Waals surface area (Å²) < 4.78 is 5.46. The molecule has 9 nitrogen and oxygen atoms in total. The Bertz CT molecular complexity index is 1290. The Morgan fingerprint density at radius 3 is 2.46 bits per heavy atom. The minimum Gasteiger partial charge on any atom is -0.494 e. The van der Waals surface area contributed by atoms with Crippen LogP contribution in [0.1, 0.15) is 60.8 Å². The van der Waals surface area contributed by atoms with Gasteiger partial charge in [0.25, 0.3) is 5.91 Å². The van der Waals surface area contributed by atoms with E-state index < -0.39 is 35.8 Å². The summed E-state index contributed by atoms with van der Waals surface area (Å²) in [5.74, 6) is -1.11. The molecule has 0 unspecified atom stereocenters. The normalized spacial score (nSPS) is 16.7. The summed E-state index contributed by atoms with van der Waals surface area (Å²) >= 11 is 1.11. The molecule has 4 amide bonds. The van der Waals surface area contributed by atoms with E-state index in [2.05, 4.69) is 15.6 Å². The van der Waals surface area contributed by atoms with Crippen molar-refractivity contribution >= 4 is 40.1 Å². The maximum atomic E-state index is 13.6. The number of hydrogen-bond donors (Lipinski definition) is 2. The highest BCUT2D eigenvalue weighted by Crippen LogP contribution is 2.32. The molecule has 0 saturated carbocycles. The van der Waals surface area contributed by atoms with Crippen molar-refractivity contribution in [3.05, 3.63) is 76.8 Å². The molecule has 0 radical (unpaired) electrons. The van der Waals surface area contributed by atoms with Crippen molar-refractivity contribution in [3.8, 4) is 5.75 Å². The molecule has 37 heavy (non-hydrogen) atoms. The Labute approximate surface area is 218 Å². The summed E-state index contributed by atoms with van der Waals surface area (Å²) in [4.78, 5) is 57.5. The summed E-state index contributed by atoms with van der Waals surface area (Å²) in [6, 6.07) is 13.3. The van der Waals surface area contributed by atoms with Gasteiger partial charge in [-0.15, -0.1) is 11.3 Å². The number of carbonyl (C=O) groups excluding carboxylic acids is 4. The van der Waals surface area contributed by atoms with Crippen LogP contribution in [0.5, 0.6) is 5.75 Å². The average Bonchev–Trinajstić information content (AvgIpc) is 3.49. The van der Waals surface area contributed by atoms with E-state index in [1.807, 2.05) is 37.3 Å². The fourth-order valence-corrected chi connectivity index (χ4v) is 4.95. The van der Waals surface area contributed by atoms with Gasteiger partial charge in [0.05, 0.1) is 6.61 Å². The lowest BCUT2D eigenvalue weighted by molar-refractivity contribution is -0.134. The van der Waals surface area contributed by atoms with Crippen molar-refractivity contribution in [3.63, 3.8) is 0 Å². The predicted molar refractivity (Wildman–Crippen MR) is 140 cm³/mol. The third kappa shape index (κ3) is 5.54. The first kappa shape index (κ1) is 26.0. The number of anilines is 1. The number of rotatable bonds is 10. The van der Waals surface area contributed by atoms with Crippen molar-refractivity contribution in [1.29, 1.82) is 0 Å². The third-order valence-electron chi connectivity index (χ3n) is 6.18. The van der Waals surface area contributed by atoms with Crippen molar-refractivity contribution in [2.24, 2.45) is 0 Å². The van der Waals surface area contributed by atoms with Crippen LogP contribution in [0.4, 0.5) is 9.93 Å². The standard InChI is InChI=1S/C27H28N4O5S/c1-4-21(32)20-15-37-26(28-20)30-24(33)23(16(3)17-9-7-6-8-10-17)31-25(34)22(29-27(31)35)18-11-13-19(14-12-18)36-5-2/h6-16,22-23H,4-5H2,1-3H3,(H,29,35)(H,28,30,33)/t16-,22+,23-/m0/s1. The maximum absolute atomic E-state index is 13.6. The lowest BCUT2D eigenvalue weighted by Crippen LogP contribution is -2.50. The van der Waals surface area contributed by atoms with Gasteiger partial charge < -0.3 is 15.4 Å². The van der Waals surface area contributed by atoms with Crippen molar-refractivity contribution in [2.75, 3.05) is 11.9 Å². The van der Waals surface area contributed by atoms with E-state index in [9.17, 15) is 19.2 Å². The Kier molecular flexibility index (Phi) is 7.98. The van der Waals surface area contributed by atoms with E-state index >= 15 is 0 Å². The number of imide groups is 1. The summed E-state index contributed by atoms with van der Waals surface area (Å²) in [6.07, 6.45) is 0.292. The van der Waals surface area contributed by atoms with Crippen molar-refractivity contribution in [2.45, 2.75) is 45.2 Å². The number of ether oxygens (including phenoxy) is 1. The molecule has 1 fully saturated rings. The Balaban J connectivity index is 1.64. The molecule has 1 aliphatic rings. The fraction of sp³-hybridized carbons (Fsp3) is 0.296. The second kappa shape index (κ2) is 11.3. The van der Waals surface area contributed by atoms with Gasteiger partial charge in [-0.25, -0.2) is 14.7 Å². The van der Waals surface area contributed by atoms with Crippen molar-refractivity contribution in [1.82, 2.24) is 15.2 Å². The molecule has 1 saturated heterocycles. The number of ketones is 1. The van der Waals surface area contributed by atoms with Crippen LogP contribution in [0.3, 0.4) is 0 Å². The first-order chi connectivity index (χ1) is 17.8. The third-order valence-corrected chi connectivity index (χ3v) is 6.94. The van der Waals surface area contributed by atoms with Gasteiger partial charge in [0, 0.05) is 17.7 Å². The molecule has 4 rings (SSSR count). The molecule has 2 aromatic carbocycles. The fourth-order valence-electron chi connectivity index (χ4n) is 4.23. The van der Waals surface area contributed by atoms with Crippen molar-refractivity contribution < 1.29 is 23.9 Å². The van der Waals surface area contributed by atoms with E-state index in [-0.39, 0.29) is 16.6 Å². The molecule has 192 valence electrons. The molecule has 10 heteroatoms. The molecular weight excluding hydrogens is 492 g/mol. The summed E-state index contributed by atoms with van der Waals surface area (Å²) in [5.41, 5.74) is 1.63. The zero-order chi connectivity index (χ0) is 26.5. The second-order valence-corrected chi connectivity index (χ2v) is 9.40. The summed E-state index contributed by atoms with van der Waals surface area (Å²) in [5, 5.41) is 7.22. The maximum Gasteiger partial charge on any atom is 0.325 e. The summed E-state index contributed by atoms with van der Waals surface area (Å²) in [6.45, 7) is 5.90.